The molecule has 1 aliphatic carbocycles. The third kappa shape index (κ3) is 3.89. The van der Waals surface area contributed by atoms with Gasteiger partial charge in [-0.1, -0.05) is 0 Å². The van der Waals surface area contributed by atoms with Crippen molar-refractivity contribution >= 4 is 12.0 Å². The van der Waals surface area contributed by atoms with Crippen LogP contribution in [0, 0.1) is 0 Å². The molecule has 6 heteroatoms. The number of carbonyl (C=O) groups excluding carboxylic acids is 1. The molecule has 0 atom stereocenters. The molecule has 1 aliphatic rings. The van der Waals surface area contributed by atoms with E-state index in [2.05, 4.69) is 10.6 Å². The van der Waals surface area contributed by atoms with Crippen LogP contribution < -0.4 is 10.6 Å². The topological polar surface area (TPSA) is 87.7 Å². The van der Waals surface area contributed by atoms with Gasteiger partial charge in [0.05, 0.1) is 12.7 Å². The summed E-state index contributed by atoms with van der Waals surface area (Å²) in [7, 11) is 0. The third-order valence-corrected chi connectivity index (χ3v) is 2.81. The number of aliphatic carboxylic acids is 1. The third-order valence-electron chi connectivity index (χ3n) is 2.81. The van der Waals surface area contributed by atoms with Crippen LogP contribution in [0.5, 0.6) is 0 Å². The highest BCUT2D eigenvalue weighted by Gasteiger charge is 2.45. The van der Waals surface area contributed by atoms with Gasteiger partial charge >= 0.3 is 12.0 Å². The number of amides is 2. The van der Waals surface area contributed by atoms with Crippen LogP contribution >= 0.6 is 0 Å². The zero-order valence-electron chi connectivity index (χ0n) is 10.3. The van der Waals surface area contributed by atoms with E-state index in [-0.39, 0.29) is 6.10 Å². The van der Waals surface area contributed by atoms with Crippen molar-refractivity contribution in [1.82, 2.24) is 10.6 Å². The van der Waals surface area contributed by atoms with E-state index in [4.69, 9.17) is 9.84 Å². The van der Waals surface area contributed by atoms with Gasteiger partial charge in [-0.3, -0.25) is 0 Å². The van der Waals surface area contributed by atoms with Crippen LogP contribution in [0.15, 0.2) is 0 Å². The van der Waals surface area contributed by atoms with Crippen LogP contribution in [-0.4, -0.2) is 41.9 Å². The highest BCUT2D eigenvalue weighted by Crippen LogP contribution is 2.31. The molecule has 1 saturated carbocycles. The molecule has 0 aliphatic heterocycles. The average Bonchev–Trinajstić information content (AvgIpc) is 2.17. The fourth-order valence-corrected chi connectivity index (χ4v) is 1.64. The Hall–Kier alpha value is -1.30. The van der Waals surface area contributed by atoms with E-state index in [9.17, 15) is 9.59 Å². The minimum absolute atomic E-state index is 0.122. The summed E-state index contributed by atoms with van der Waals surface area (Å²) in [6.45, 7) is 4.62. The van der Waals surface area contributed by atoms with Crippen LogP contribution in [-0.2, 0) is 9.53 Å². The summed E-state index contributed by atoms with van der Waals surface area (Å²) in [5.74, 6) is -0.961. The molecule has 2 amide bonds. The van der Waals surface area contributed by atoms with Crippen LogP contribution in [0.4, 0.5) is 4.79 Å². The molecule has 0 aromatic carbocycles. The normalized spacial score (nSPS) is 17.4. The summed E-state index contributed by atoms with van der Waals surface area (Å²) >= 11 is 0. The Morgan fingerprint density at radius 1 is 1.41 bits per heavy atom. The second kappa shape index (κ2) is 5.86. The SMILES string of the molecule is CC(C)OCCNC(=O)NC1(C(=O)O)CCC1. The highest BCUT2D eigenvalue weighted by atomic mass is 16.5. The van der Waals surface area contributed by atoms with Crippen molar-refractivity contribution in [2.75, 3.05) is 13.2 Å². The summed E-state index contributed by atoms with van der Waals surface area (Å²) < 4.78 is 5.25. The Morgan fingerprint density at radius 2 is 2.06 bits per heavy atom. The van der Waals surface area contributed by atoms with Gasteiger partial charge in [-0.05, 0) is 33.1 Å². The molecule has 0 aromatic heterocycles. The molecule has 6 nitrogen and oxygen atoms in total. The molecule has 0 aromatic rings. The van der Waals surface area contributed by atoms with Gasteiger partial charge in [-0.2, -0.15) is 0 Å². The van der Waals surface area contributed by atoms with Gasteiger partial charge in [0.1, 0.15) is 5.54 Å². The molecular formula is C11H20N2O4. The first kappa shape index (κ1) is 13.8. The first-order valence-corrected chi connectivity index (χ1v) is 5.87. The molecule has 3 N–H and O–H groups in total. The molecule has 98 valence electrons. The second-order valence-electron chi connectivity index (χ2n) is 4.54. The smallest absolute Gasteiger partial charge is 0.329 e. The predicted molar refractivity (Wildman–Crippen MR) is 61.8 cm³/mol. The van der Waals surface area contributed by atoms with Gasteiger partial charge in [-0.15, -0.1) is 0 Å². The summed E-state index contributed by atoms with van der Waals surface area (Å²) in [4.78, 5) is 22.5. The molecular weight excluding hydrogens is 224 g/mol. The summed E-state index contributed by atoms with van der Waals surface area (Å²) in [6, 6.07) is -0.445. The summed E-state index contributed by atoms with van der Waals surface area (Å²) in [6.07, 6.45) is 1.95. The van der Waals surface area contributed by atoms with Gasteiger partial charge in [0.2, 0.25) is 0 Å². The lowest BCUT2D eigenvalue weighted by atomic mass is 9.77. The first-order chi connectivity index (χ1) is 7.96. The van der Waals surface area contributed by atoms with E-state index >= 15 is 0 Å². The lowest BCUT2D eigenvalue weighted by molar-refractivity contribution is -0.148. The Kier molecular flexibility index (Phi) is 4.74. The first-order valence-electron chi connectivity index (χ1n) is 5.87. The van der Waals surface area contributed by atoms with Crippen molar-refractivity contribution in [3.63, 3.8) is 0 Å². The minimum Gasteiger partial charge on any atom is -0.480 e. The van der Waals surface area contributed by atoms with Gasteiger partial charge in [-0.25, -0.2) is 9.59 Å². The van der Waals surface area contributed by atoms with Gasteiger partial charge in [0.25, 0.3) is 0 Å². The minimum atomic E-state index is -1.05. The van der Waals surface area contributed by atoms with Crippen LogP contribution in [0.25, 0.3) is 0 Å². The number of hydrogen-bond donors (Lipinski definition) is 3. The van der Waals surface area contributed by atoms with Crippen molar-refractivity contribution in [3.05, 3.63) is 0 Å². The zero-order chi connectivity index (χ0) is 12.9. The van der Waals surface area contributed by atoms with Crippen LogP contribution in [0.1, 0.15) is 33.1 Å². The number of hydrogen-bond acceptors (Lipinski definition) is 3. The van der Waals surface area contributed by atoms with Crippen LogP contribution in [0.3, 0.4) is 0 Å². The Balaban J connectivity index is 2.22. The van der Waals surface area contributed by atoms with Crippen molar-refractivity contribution in [3.8, 4) is 0 Å². The number of nitrogens with one attached hydrogen (secondary N) is 2. The van der Waals surface area contributed by atoms with E-state index in [0.717, 1.165) is 6.42 Å². The monoisotopic (exact) mass is 244 g/mol. The Bertz CT molecular complexity index is 287. The maximum absolute atomic E-state index is 11.5. The lowest BCUT2D eigenvalue weighted by Gasteiger charge is -2.38. The standard InChI is InChI=1S/C11H20N2O4/c1-8(2)17-7-6-12-10(16)13-11(9(14)15)4-3-5-11/h8H,3-7H2,1-2H3,(H,14,15)(H2,12,13,16). The average molecular weight is 244 g/mol. The summed E-state index contributed by atoms with van der Waals surface area (Å²) in [5, 5.41) is 14.1. The molecule has 0 bridgehead atoms. The molecule has 0 saturated heterocycles. The number of carboxylic acid groups (broad SMARTS) is 1. The van der Waals surface area contributed by atoms with E-state index in [1.165, 1.54) is 0 Å². The van der Waals surface area contributed by atoms with Crippen LogP contribution in [0.2, 0.25) is 0 Å². The van der Waals surface area contributed by atoms with E-state index in [1.54, 1.807) is 0 Å². The van der Waals surface area contributed by atoms with E-state index in [1.807, 2.05) is 13.8 Å². The second-order valence-corrected chi connectivity index (χ2v) is 4.54. The maximum Gasteiger partial charge on any atom is 0.329 e. The molecule has 0 spiro atoms. The fraction of sp³-hybridized carbons (Fsp3) is 0.818. The molecule has 0 unspecified atom stereocenters. The quantitative estimate of drug-likeness (QED) is 0.601. The summed E-state index contributed by atoms with van der Waals surface area (Å²) in [5.41, 5.74) is -1.05. The maximum atomic E-state index is 11.5. The predicted octanol–water partition coefficient (Wildman–Crippen LogP) is 0.718. The highest BCUT2D eigenvalue weighted by molar-refractivity contribution is 5.87. The van der Waals surface area contributed by atoms with Crippen molar-refractivity contribution in [1.29, 1.82) is 0 Å². The lowest BCUT2D eigenvalue weighted by Crippen LogP contribution is -2.61. The molecule has 1 fully saturated rings. The van der Waals surface area contributed by atoms with Gasteiger partial charge in [0, 0.05) is 6.54 Å². The number of rotatable bonds is 6. The van der Waals surface area contributed by atoms with E-state index < -0.39 is 17.5 Å². The number of ether oxygens (including phenoxy) is 1. The van der Waals surface area contributed by atoms with Crippen molar-refractivity contribution in [2.45, 2.75) is 44.8 Å². The Morgan fingerprint density at radius 3 is 2.47 bits per heavy atom. The van der Waals surface area contributed by atoms with Crippen molar-refractivity contribution in [2.24, 2.45) is 0 Å². The number of carbonyl (C=O) groups is 2. The zero-order valence-corrected chi connectivity index (χ0v) is 10.3. The van der Waals surface area contributed by atoms with Gasteiger partial charge in [0.15, 0.2) is 0 Å². The van der Waals surface area contributed by atoms with Crippen molar-refractivity contribution < 1.29 is 19.4 Å². The van der Waals surface area contributed by atoms with Gasteiger partial charge < -0.3 is 20.5 Å². The largest absolute Gasteiger partial charge is 0.480 e. The number of urea groups is 1. The number of carboxylic acids is 1. The molecule has 0 radical (unpaired) electrons. The Labute approximate surface area is 101 Å². The van der Waals surface area contributed by atoms with E-state index in [0.29, 0.717) is 26.0 Å². The fourth-order valence-electron chi connectivity index (χ4n) is 1.64. The molecule has 1 rings (SSSR count). The molecule has 0 heterocycles. The molecule has 17 heavy (non-hydrogen) atoms.